The van der Waals surface area contributed by atoms with Crippen molar-refractivity contribution in [1.29, 1.82) is 0 Å². The van der Waals surface area contributed by atoms with Gasteiger partial charge in [0.25, 0.3) is 0 Å². The number of likely N-dealkylation sites (N-methyl/N-ethyl adjacent to an activating group) is 1. The molecule has 9 atom stereocenters. The normalized spacial score (nSPS) is 28.4. The molecule has 1 saturated carbocycles. The van der Waals surface area contributed by atoms with Crippen LogP contribution in [0.5, 0.6) is 0 Å². The zero-order valence-corrected chi connectivity index (χ0v) is 35.8. The first-order valence-electron chi connectivity index (χ1n) is 20.9. The number of nitrogens with one attached hydrogen (secondary N) is 1. The van der Waals surface area contributed by atoms with Crippen molar-refractivity contribution in [3.05, 3.63) is 77.4 Å². The van der Waals surface area contributed by atoms with Crippen molar-refractivity contribution in [2.45, 2.75) is 121 Å². The van der Waals surface area contributed by atoms with Crippen molar-refractivity contribution in [3.63, 3.8) is 0 Å². The fraction of sp³-hybridized carbons (Fsp3) is 0.556. The highest BCUT2D eigenvalue weighted by Crippen LogP contribution is 2.56. The number of hydroxylamine groups is 2. The minimum absolute atomic E-state index is 0.0443. The molecule has 0 radical (unpaired) electrons. The minimum Gasteiger partial charge on any atom is -0.462 e. The van der Waals surface area contributed by atoms with Gasteiger partial charge in [-0.2, -0.15) is 5.06 Å². The van der Waals surface area contributed by atoms with Gasteiger partial charge in [-0.05, 0) is 50.0 Å². The summed E-state index contributed by atoms with van der Waals surface area (Å²) in [6.07, 6.45) is -1.32. The van der Waals surface area contributed by atoms with Crippen LogP contribution in [0.25, 0.3) is 6.08 Å². The molecule has 2 N–H and O–H groups in total. The SMILES string of the molecule is CN(C(=O)C12CC3OC(=O)C1N(Cc1ccc(C=CC(=O)OC4C(=O)OCC4(C)C)cc1)OC2C1OCOC31)C(Cc1ccccc1)C(=O)NC(CO)CCC(=O)OC(C)(C)C. The Balaban J connectivity index is 1.11. The van der Waals surface area contributed by atoms with Crippen molar-refractivity contribution >= 4 is 41.8 Å². The largest absolute Gasteiger partial charge is 0.462 e. The zero-order chi connectivity index (χ0) is 44.6. The van der Waals surface area contributed by atoms with Crippen molar-refractivity contribution in [2.75, 3.05) is 27.1 Å². The number of cyclic esters (lactones) is 1. The van der Waals surface area contributed by atoms with Crippen molar-refractivity contribution < 1.29 is 67.1 Å². The summed E-state index contributed by atoms with van der Waals surface area (Å²) in [5, 5.41) is 14.5. The first kappa shape index (κ1) is 44.8. The molecule has 5 aliphatic rings. The summed E-state index contributed by atoms with van der Waals surface area (Å²) < 4.78 is 33.7. The molecule has 4 heterocycles. The van der Waals surface area contributed by atoms with E-state index in [-0.39, 0.29) is 45.6 Å². The molecule has 4 aliphatic heterocycles. The molecule has 17 heteroatoms. The topological polar surface area (TPSA) is 206 Å². The predicted molar refractivity (Wildman–Crippen MR) is 217 cm³/mol. The predicted octanol–water partition coefficient (Wildman–Crippen LogP) is 2.40. The molecule has 1 aliphatic carbocycles. The Morgan fingerprint density at radius 3 is 2.37 bits per heavy atom. The molecule has 2 aromatic rings. The molecule has 0 spiro atoms. The van der Waals surface area contributed by atoms with Gasteiger partial charge in [0.05, 0.1) is 19.2 Å². The number of ether oxygens (including phenoxy) is 6. The fourth-order valence-electron chi connectivity index (χ4n) is 8.89. The highest BCUT2D eigenvalue weighted by Gasteiger charge is 2.75. The van der Waals surface area contributed by atoms with Gasteiger partial charge < -0.3 is 43.7 Å². The number of aliphatic hydroxyl groups excluding tert-OH is 1. The third-order valence-electron chi connectivity index (χ3n) is 12.0. The second kappa shape index (κ2) is 17.9. The Morgan fingerprint density at radius 1 is 1.00 bits per heavy atom. The molecule has 17 nitrogen and oxygen atoms in total. The minimum atomic E-state index is -1.56. The van der Waals surface area contributed by atoms with Crippen molar-refractivity contribution in [1.82, 2.24) is 15.3 Å². The lowest BCUT2D eigenvalue weighted by Gasteiger charge is -2.50. The summed E-state index contributed by atoms with van der Waals surface area (Å²) >= 11 is 0. The van der Waals surface area contributed by atoms with E-state index in [2.05, 4.69) is 5.32 Å². The van der Waals surface area contributed by atoms with Crippen LogP contribution in [0.4, 0.5) is 0 Å². The number of esters is 4. The number of hydrogen-bond acceptors (Lipinski definition) is 15. The van der Waals surface area contributed by atoms with Crippen LogP contribution in [0, 0.1) is 10.8 Å². The lowest BCUT2D eigenvalue weighted by atomic mass is 9.62. The maximum atomic E-state index is 15.4. The lowest BCUT2D eigenvalue weighted by Crippen LogP contribution is -2.70. The quantitative estimate of drug-likeness (QED) is 0.150. The molecule has 7 rings (SSSR count). The van der Waals surface area contributed by atoms with Crippen molar-refractivity contribution in [2.24, 2.45) is 10.8 Å². The van der Waals surface area contributed by atoms with E-state index in [0.717, 1.165) is 5.56 Å². The molecule has 2 aromatic carbocycles. The number of aliphatic hydroxyl groups is 1. The Labute approximate surface area is 359 Å². The number of fused-ring (bicyclic) bond motifs is 4. The lowest BCUT2D eigenvalue weighted by molar-refractivity contribution is -0.204. The van der Waals surface area contributed by atoms with Gasteiger partial charge in [-0.3, -0.25) is 24.0 Å². The number of nitrogens with zero attached hydrogens (tertiary/aromatic N) is 2. The number of amides is 2. The van der Waals surface area contributed by atoms with E-state index in [1.54, 1.807) is 65.0 Å². The molecular formula is C45H55N3O14. The van der Waals surface area contributed by atoms with Crippen LogP contribution in [-0.4, -0.2) is 132 Å². The standard InChI is InChI=1S/C45H55N3O14/c1-43(2,3)61-33(51)19-17-29(23-49)46-39(52)30(20-27-10-8-7-9-11-27)47(6)42(55)45-21-31-34-35(58-25-57-34)37(45)62-48(36(45)40(53)59-31)22-28-14-12-26(13-15-28)16-18-32(50)60-38-41(54)56-24-44(38,4)5/h7-16,18,29-31,34-38,49H,17,19-25H2,1-6H3,(H,46,52). The Kier molecular flexibility index (Phi) is 12.9. The van der Waals surface area contributed by atoms with Gasteiger partial charge in [-0.1, -0.05) is 68.4 Å². The summed E-state index contributed by atoms with van der Waals surface area (Å²) in [7, 11) is 1.51. The number of hydrogen-bond donors (Lipinski definition) is 2. The number of carbonyl (C=O) groups is 6. The maximum Gasteiger partial charge on any atom is 0.348 e. The third-order valence-corrected chi connectivity index (χ3v) is 12.0. The molecule has 2 bridgehead atoms. The second-order valence-electron chi connectivity index (χ2n) is 18.2. The van der Waals surface area contributed by atoms with E-state index in [0.29, 0.717) is 11.1 Å². The highest BCUT2D eigenvalue weighted by molar-refractivity contribution is 5.96. The average molecular weight is 862 g/mol. The zero-order valence-electron chi connectivity index (χ0n) is 35.8. The number of benzene rings is 2. The first-order chi connectivity index (χ1) is 29.4. The molecular weight excluding hydrogens is 807 g/mol. The van der Waals surface area contributed by atoms with Crippen LogP contribution >= 0.6 is 0 Å². The van der Waals surface area contributed by atoms with Gasteiger partial charge in [0.15, 0.2) is 6.04 Å². The fourth-order valence-corrected chi connectivity index (χ4v) is 8.89. The number of carbonyl (C=O) groups excluding carboxylic acids is 6. The summed E-state index contributed by atoms with van der Waals surface area (Å²) in [5.74, 6) is -3.53. The van der Waals surface area contributed by atoms with E-state index in [1.165, 1.54) is 23.1 Å². The molecule has 334 valence electrons. The molecule has 62 heavy (non-hydrogen) atoms. The summed E-state index contributed by atoms with van der Waals surface area (Å²) in [4.78, 5) is 88.8. The molecule has 2 amide bonds. The van der Waals surface area contributed by atoms with Gasteiger partial charge >= 0.3 is 23.9 Å². The van der Waals surface area contributed by atoms with Gasteiger partial charge in [0.1, 0.15) is 54.9 Å². The summed E-state index contributed by atoms with van der Waals surface area (Å²) in [6, 6.07) is 13.1. The molecule has 0 aromatic heterocycles. The Bertz CT molecular complexity index is 2050. The Morgan fingerprint density at radius 2 is 1.71 bits per heavy atom. The van der Waals surface area contributed by atoms with Gasteiger partial charge in [-0.15, -0.1) is 0 Å². The van der Waals surface area contributed by atoms with Crippen LogP contribution in [0.15, 0.2) is 60.7 Å². The van der Waals surface area contributed by atoms with Crippen LogP contribution < -0.4 is 5.32 Å². The van der Waals surface area contributed by atoms with E-state index >= 15 is 4.79 Å². The van der Waals surface area contributed by atoms with Gasteiger partial charge in [0, 0.05) is 37.8 Å². The van der Waals surface area contributed by atoms with Crippen molar-refractivity contribution in [3.8, 4) is 0 Å². The monoisotopic (exact) mass is 861 g/mol. The van der Waals surface area contributed by atoms with E-state index in [1.807, 2.05) is 30.3 Å². The second-order valence-corrected chi connectivity index (χ2v) is 18.2. The van der Waals surface area contributed by atoms with Gasteiger partial charge in [0.2, 0.25) is 17.9 Å². The summed E-state index contributed by atoms with van der Waals surface area (Å²) in [5.41, 5.74) is -0.797. The number of rotatable bonds is 15. The third kappa shape index (κ3) is 9.27. The maximum absolute atomic E-state index is 15.4. The smallest absolute Gasteiger partial charge is 0.348 e. The van der Waals surface area contributed by atoms with Crippen LogP contribution in [0.2, 0.25) is 0 Å². The molecule has 4 saturated heterocycles. The first-order valence-corrected chi connectivity index (χ1v) is 20.9. The van der Waals surface area contributed by atoms with Crippen LogP contribution in [0.3, 0.4) is 0 Å². The summed E-state index contributed by atoms with van der Waals surface area (Å²) in [6.45, 7) is 8.45. The van der Waals surface area contributed by atoms with Crippen LogP contribution in [-0.2, 0) is 75.0 Å². The Hall–Kier alpha value is -5.20. The van der Waals surface area contributed by atoms with Crippen LogP contribution in [0.1, 0.15) is 70.6 Å². The molecule has 5 fully saturated rings. The van der Waals surface area contributed by atoms with E-state index in [9.17, 15) is 29.1 Å². The highest BCUT2D eigenvalue weighted by atomic mass is 16.8. The van der Waals surface area contributed by atoms with E-state index < -0.39 is 107 Å². The average Bonchev–Trinajstić information content (AvgIpc) is 3.92. The molecule has 9 unspecified atom stereocenters. The van der Waals surface area contributed by atoms with E-state index in [4.69, 9.17) is 33.3 Å². The van der Waals surface area contributed by atoms with Gasteiger partial charge in [-0.25, -0.2) is 9.59 Å².